The van der Waals surface area contributed by atoms with Gasteiger partial charge in [-0.3, -0.25) is 14.9 Å². The first-order valence-corrected chi connectivity index (χ1v) is 10.7. The Morgan fingerprint density at radius 3 is 2.22 bits per heavy atom. The molecule has 5 nitrogen and oxygen atoms in total. The lowest BCUT2D eigenvalue weighted by Crippen LogP contribution is -2.42. The lowest BCUT2D eigenvalue weighted by molar-refractivity contribution is -0.531. The Hall–Kier alpha value is -3.73. The highest BCUT2D eigenvalue weighted by molar-refractivity contribution is 5.77. The number of ether oxygens (including phenoxy) is 1. The third-order valence-electron chi connectivity index (χ3n) is 6.27. The predicted octanol–water partition coefficient (Wildman–Crippen LogP) is 5.21. The molecule has 0 amide bonds. The average molecular weight is 428 g/mol. The van der Waals surface area contributed by atoms with Crippen molar-refractivity contribution < 1.29 is 14.5 Å². The van der Waals surface area contributed by atoms with Gasteiger partial charge in [0, 0.05) is 10.5 Å². The Kier molecular flexibility index (Phi) is 6.45. The van der Waals surface area contributed by atoms with Crippen molar-refractivity contribution in [3.05, 3.63) is 123 Å². The molecule has 162 valence electrons. The number of carbonyl (C=O) groups excluding carboxylic acids is 1. The Labute approximate surface area is 187 Å². The Morgan fingerprint density at radius 1 is 0.938 bits per heavy atom. The van der Waals surface area contributed by atoms with Crippen LogP contribution in [0.2, 0.25) is 0 Å². The van der Waals surface area contributed by atoms with Crippen LogP contribution in [-0.2, 0) is 11.2 Å². The van der Waals surface area contributed by atoms with E-state index in [9.17, 15) is 14.9 Å². The van der Waals surface area contributed by atoms with Crippen molar-refractivity contribution >= 4 is 6.29 Å². The molecule has 4 atom stereocenters. The summed E-state index contributed by atoms with van der Waals surface area (Å²) in [6.07, 6.45) is 3.33. The molecule has 0 heterocycles. The molecule has 32 heavy (non-hydrogen) atoms. The summed E-state index contributed by atoms with van der Waals surface area (Å²) >= 11 is 0. The van der Waals surface area contributed by atoms with Crippen LogP contribution in [0.4, 0.5) is 0 Å². The Bertz CT molecular complexity index is 1110. The second-order valence-electron chi connectivity index (χ2n) is 8.10. The normalized spacial score (nSPS) is 22.6. The topological polar surface area (TPSA) is 69.4 Å². The minimum absolute atomic E-state index is 0.208. The maximum atomic E-state index is 12.6. The van der Waals surface area contributed by atoms with Crippen LogP contribution in [0.15, 0.2) is 96.6 Å². The van der Waals surface area contributed by atoms with Gasteiger partial charge in [-0.05, 0) is 41.2 Å². The minimum Gasteiger partial charge on any atom is -0.497 e. The summed E-state index contributed by atoms with van der Waals surface area (Å²) in [5, 5.41) is 12.6. The fourth-order valence-corrected chi connectivity index (χ4v) is 4.89. The highest BCUT2D eigenvalue weighted by Gasteiger charge is 2.49. The number of hydrogen-bond acceptors (Lipinski definition) is 4. The van der Waals surface area contributed by atoms with Crippen LogP contribution in [0.25, 0.3) is 0 Å². The number of aldehydes is 1. The van der Waals surface area contributed by atoms with Crippen molar-refractivity contribution in [3.8, 4) is 5.75 Å². The van der Waals surface area contributed by atoms with E-state index in [0.29, 0.717) is 17.7 Å². The number of methoxy groups -OCH3 is 1. The fourth-order valence-electron chi connectivity index (χ4n) is 4.89. The number of benzene rings is 3. The lowest BCUT2D eigenvalue weighted by atomic mass is 9.65. The van der Waals surface area contributed by atoms with Gasteiger partial charge in [0.15, 0.2) is 0 Å². The van der Waals surface area contributed by atoms with E-state index in [1.165, 1.54) is 0 Å². The molecule has 0 saturated carbocycles. The lowest BCUT2D eigenvalue weighted by Gasteiger charge is -2.37. The molecule has 0 bridgehead atoms. The van der Waals surface area contributed by atoms with Gasteiger partial charge in [0.05, 0.1) is 18.9 Å². The van der Waals surface area contributed by atoms with E-state index in [-0.39, 0.29) is 10.8 Å². The van der Waals surface area contributed by atoms with E-state index in [2.05, 4.69) is 0 Å². The molecule has 0 fully saturated rings. The molecule has 0 aliphatic heterocycles. The Balaban J connectivity index is 1.89. The first-order chi connectivity index (χ1) is 15.6. The Morgan fingerprint density at radius 2 is 1.59 bits per heavy atom. The number of allylic oxidation sites excluding steroid dienone is 1. The second kappa shape index (κ2) is 9.60. The summed E-state index contributed by atoms with van der Waals surface area (Å²) in [5.74, 6) is -0.592. The van der Waals surface area contributed by atoms with Gasteiger partial charge in [0.1, 0.15) is 12.0 Å². The number of carbonyl (C=O) groups is 1. The monoisotopic (exact) mass is 427 g/mol. The van der Waals surface area contributed by atoms with Crippen LogP contribution < -0.4 is 4.74 Å². The first-order valence-electron chi connectivity index (χ1n) is 10.7. The minimum atomic E-state index is -0.983. The SMILES string of the molecule is COc1cccc([C@@H]2[C@H]([N+](=O)[O-])[C@@H](c3ccccc3)C(C=O)=C[C@H]2Cc2ccccc2)c1. The van der Waals surface area contributed by atoms with Crippen LogP contribution in [0, 0.1) is 16.0 Å². The zero-order valence-electron chi connectivity index (χ0n) is 17.8. The molecule has 0 spiro atoms. The maximum Gasteiger partial charge on any atom is 0.231 e. The largest absolute Gasteiger partial charge is 0.497 e. The summed E-state index contributed by atoms with van der Waals surface area (Å²) in [7, 11) is 1.59. The number of hydrogen-bond donors (Lipinski definition) is 0. The molecule has 0 aromatic heterocycles. The third-order valence-corrected chi connectivity index (χ3v) is 6.27. The van der Waals surface area contributed by atoms with Crippen molar-refractivity contribution in [2.75, 3.05) is 7.11 Å². The van der Waals surface area contributed by atoms with Crippen LogP contribution in [-0.4, -0.2) is 24.4 Å². The third kappa shape index (κ3) is 4.33. The molecule has 5 heteroatoms. The summed E-state index contributed by atoms with van der Waals surface area (Å²) in [4.78, 5) is 24.5. The van der Waals surface area contributed by atoms with Gasteiger partial charge in [-0.15, -0.1) is 0 Å². The van der Waals surface area contributed by atoms with Crippen molar-refractivity contribution in [2.45, 2.75) is 24.3 Å². The van der Waals surface area contributed by atoms with Gasteiger partial charge in [-0.1, -0.05) is 78.9 Å². The summed E-state index contributed by atoms with van der Waals surface area (Å²) in [6, 6.07) is 25.7. The van der Waals surface area contributed by atoms with Gasteiger partial charge in [-0.25, -0.2) is 0 Å². The van der Waals surface area contributed by atoms with E-state index in [1.54, 1.807) is 7.11 Å². The predicted molar refractivity (Wildman–Crippen MR) is 123 cm³/mol. The van der Waals surface area contributed by atoms with Crippen molar-refractivity contribution in [3.63, 3.8) is 0 Å². The van der Waals surface area contributed by atoms with Gasteiger partial charge in [0.2, 0.25) is 6.04 Å². The van der Waals surface area contributed by atoms with Crippen molar-refractivity contribution in [1.29, 1.82) is 0 Å². The zero-order valence-corrected chi connectivity index (χ0v) is 17.8. The van der Waals surface area contributed by atoms with Crippen LogP contribution in [0.1, 0.15) is 28.5 Å². The van der Waals surface area contributed by atoms with Gasteiger partial charge >= 0.3 is 0 Å². The quantitative estimate of drug-likeness (QED) is 0.295. The van der Waals surface area contributed by atoms with Gasteiger partial charge in [-0.2, -0.15) is 0 Å². The second-order valence-corrected chi connectivity index (χ2v) is 8.10. The van der Waals surface area contributed by atoms with Gasteiger partial charge < -0.3 is 4.74 Å². The molecular formula is C27H25NO4. The number of nitrogens with zero attached hydrogens (tertiary/aromatic N) is 1. The van der Waals surface area contributed by atoms with Gasteiger partial charge in [0.25, 0.3) is 0 Å². The molecule has 1 aliphatic carbocycles. The number of rotatable bonds is 7. The van der Waals surface area contributed by atoms with Crippen LogP contribution in [0.3, 0.4) is 0 Å². The zero-order chi connectivity index (χ0) is 22.5. The van der Waals surface area contributed by atoms with E-state index in [1.807, 2.05) is 91.0 Å². The molecule has 0 N–H and O–H groups in total. The molecule has 4 rings (SSSR count). The van der Waals surface area contributed by atoms with Crippen LogP contribution in [0.5, 0.6) is 5.75 Å². The van der Waals surface area contributed by atoms with Crippen molar-refractivity contribution in [1.82, 2.24) is 0 Å². The van der Waals surface area contributed by atoms with E-state index in [4.69, 9.17) is 4.74 Å². The summed E-state index contributed by atoms with van der Waals surface area (Å²) < 4.78 is 5.41. The smallest absolute Gasteiger partial charge is 0.231 e. The molecule has 3 aromatic carbocycles. The first kappa shape index (κ1) is 21.5. The highest BCUT2D eigenvalue weighted by Crippen LogP contribution is 2.47. The van der Waals surface area contributed by atoms with E-state index >= 15 is 0 Å². The molecular weight excluding hydrogens is 402 g/mol. The highest BCUT2D eigenvalue weighted by atomic mass is 16.6. The standard InChI is InChI=1S/C27H25NO4/c1-32-24-14-8-13-21(17-24)26-22(15-19-9-4-2-5-10-19)16-23(18-29)25(27(26)28(30)31)20-11-6-3-7-12-20/h2-14,16-18,22,25-27H,15H2,1H3/t22-,25+,26+,27-/m1/s1. The summed E-state index contributed by atoms with van der Waals surface area (Å²) in [5.41, 5.74) is 3.16. The molecule has 0 radical (unpaired) electrons. The summed E-state index contributed by atoms with van der Waals surface area (Å²) in [6.45, 7) is 0. The average Bonchev–Trinajstić information content (AvgIpc) is 2.84. The molecule has 0 unspecified atom stereocenters. The molecule has 3 aromatic rings. The molecule has 1 aliphatic rings. The number of nitro groups is 1. The maximum absolute atomic E-state index is 12.6. The van der Waals surface area contributed by atoms with Crippen molar-refractivity contribution in [2.24, 2.45) is 5.92 Å². The van der Waals surface area contributed by atoms with E-state index in [0.717, 1.165) is 23.0 Å². The molecule has 0 saturated heterocycles. The van der Waals surface area contributed by atoms with E-state index < -0.39 is 17.9 Å². The van der Waals surface area contributed by atoms with Crippen LogP contribution >= 0.6 is 0 Å². The fraction of sp³-hybridized carbons (Fsp3) is 0.222.